The fraction of sp³-hybridized carbons (Fsp3) is 0.933. The molecule has 0 aromatic carbocycles. The molecule has 0 aliphatic rings. The lowest BCUT2D eigenvalue weighted by molar-refractivity contribution is 0.299. The molecule has 17 heavy (non-hydrogen) atoms. The second kappa shape index (κ2) is 11.3. The molecule has 0 saturated carbocycles. The van der Waals surface area contributed by atoms with Crippen molar-refractivity contribution in [2.75, 3.05) is 6.61 Å². The van der Waals surface area contributed by atoms with Gasteiger partial charge in [-0.05, 0) is 24.6 Å². The molecule has 0 fully saturated rings. The summed E-state index contributed by atoms with van der Waals surface area (Å²) in [6, 6.07) is 4.14. The van der Waals surface area contributed by atoms with Crippen LogP contribution < -0.4 is 0 Å². The van der Waals surface area contributed by atoms with Crippen molar-refractivity contribution < 1.29 is 4.43 Å². The van der Waals surface area contributed by atoms with E-state index in [1.807, 2.05) is 0 Å². The molecule has 1 nitrogen and oxygen atoms in total. The third kappa shape index (κ3) is 7.99. The Kier molecular flexibility index (Phi) is 11.4. The van der Waals surface area contributed by atoms with Gasteiger partial charge in [0.05, 0.1) is 0 Å². The molecule has 0 aromatic heterocycles. The maximum absolute atomic E-state index is 6.36. The van der Waals surface area contributed by atoms with Crippen molar-refractivity contribution in [3.63, 3.8) is 0 Å². The largest absolute Gasteiger partial charge is 0.417 e. The van der Waals surface area contributed by atoms with Crippen molar-refractivity contribution >= 4 is 8.32 Å². The van der Waals surface area contributed by atoms with Gasteiger partial charge in [0.1, 0.15) is 0 Å². The lowest BCUT2D eigenvalue weighted by Gasteiger charge is -2.32. The minimum Gasteiger partial charge on any atom is -0.417 e. The molecule has 0 N–H and O–H groups in total. The number of unbranched alkanes of at least 4 members (excludes halogenated alkanes) is 3. The van der Waals surface area contributed by atoms with Gasteiger partial charge in [-0.3, -0.25) is 0 Å². The lowest BCUT2D eigenvalue weighted by atomic mass is 10.4. The first-order valence-corrected chi connectivity index (χ1v) is 10.2. The zero-order valence-electron chi connectivity index (χ0n) is 12.4. The topological polar surface area (TPSA) is 9.23 Å². The van der Waals surface area contributed by atoms with E-state index in [0.29, 0.717) is 0 Å². The van der Waals surface area contributed by atoms with Crippen LogP contribution in [-0.4, -0.2) is 14.9 Å². The molecule has 0 aliphatic heterocycles. The van der Waals surface area contributed by atoms with Gasteiger partial charge in [0.2, 0.25) is 0 Å². The van der Waals surface area contributed by atoms with Gasteiger partial charge in [-0.25, -0.2) is 0 Å². The van der Waals surface area contributed by atoms with Gasteiger partial charge < -0.3 is 4.43 Å². The Morgan fingerprint density at radius 3 is 1.53 bits per heavy atom. The first-order valence-electron chi connectivity index (χ1n) is 7.67. The van der Waals surface area contributed by atoms with E-state index in [0.717, 1.165) is 13.0 Å². The normalized spacial score (nSPS) is 12.0. The number of hydrogen-bond acceptors (Lipinski definition) is 1. The first-order chi connectivity index (χ1) is 8.24. The van der Waals surface area contributed by atoms with Crippen LogP contribution in [0.3, 0.4) is 0 Å². The fourth-order valence-corrected chi connectivity index (χ4v) is 7.13. The van der Waals surface area contributed by atoms with Crippen LogP contribution in [-0.2, 0) is 4.43 Å². The van der Waals surface area contributed by atoms with E-state index >= 15 is 0 Å². The summed E-state index contributed by atoms with van der Waals surface area (Å²) in [4.78, 5) is 0. The predicted molar refractivity (Wildman–Crippen MR) is 80.8 cm³/mol. The lowest BCUT2D eigenvalue weighted by Crippen LogP contribution is -2.38. The molecule has 0 bridgehead atoms. The zero-order valence-corrected chi connectivity index (χ0v) is 13.4. The predicted octanol–water partition coefficient (Wildman–Crippen LogP) is 5.57. The van der Waals surface area contributed by atoms with Gasteiger partial charge in [0.15, 0.2) is 8.32 Å². The Labute approximate surface area is 110 Å². The Morgan fingerprint density at radius 1 is 0.824 bits per heavy atom. The van der Waals surface area contributed by atoms with Crippen LogP contribution in [0.5, 0.6) is 0 Å². The van der Waals surface area contributed by atoms with Crippen LogP contribution in [0.25, 0.3) is 0 Å². The number of rotatable bonds is 12. The van der Waals surface area contributed by atoms with Gasteiger partial charge in [-0.1, -0.05) is 66.2 Å². The summed E-state index contributed by atoms with van der Waals surface area (Å²) in [7, 11) is -1.42. The molecule has 1 radical (unpaired) electrons. The van der Waals surface area contributed by atoms with E-state index in [4.69, 9.17) is 4.43 Å². The molecule has 0 saturated heterocycles. The number of hydrogen-bond donors (Lipinski definition) is 0. The molecule has 0 aromatic rings. The highest BCUT2D eigenvalue weighted by Gasteiger charge is 2.32. The smallest absolute Gasteiger partial charge is 0.192 e. The Morgan fingerprint density at radius 2 is 1.24 bits per heavy atom. The molecule has 0 atom stereocenters. The van der Waals surface area contributed by atoms with E-state index in [1.54, 1.807) is 0 Å². The summed E-state index contributed by atoms with van der Waals surface area (Å²) in [6.45, 7) is 11.7. The van der Waals surface area contributed by atoms with Crippen LogP contribution in [0, 0.1) is 6.92 Å². The molecule has 2 heteroatoms. The average Bonchev–Trinajstić information content (AvgIpc) is 2.37. The molecule has 0 rings (SSSR count). The fourth-order valence-electron chi connectivity index (χ4n) is 2.38. The quantitative estimate of drug-likeness (QED) is 0.415. The Hall–Kier alpha value is 0.177. The van der Waals surface area contributed by atoms with Crippen molar-refractivity contribution in [3.8, 4) is 0 Å². The average molecular weight is 258 g/mol. The molecular weight excluding hydrogens is 224 g/mol. The van der Waals surface area contributed by atoms with E-state index in [-0.39, 0.29) is 0 Å². The molecule has 103 valence electrons. The molecule has 0 heterocycles. The second-order valence-electron chi connectivity index (χ2n) is 5.20. The summed E-state index contributed by atoms with van der Waals surface area (Å²) in [5.74, 6) is 0. The first kappa shape index (κ1) is 17.2. The molecule has 0 unspecified atom stereocenters. The van der Waals surface area contributed by atoms with Crippen LogP contribution in [0.1, 0.15) is 65.7 Å². The standard InChI is InChI=1S/C15H33OSi/c1-5-9-13-17(14-10-6-2,15-11-7-3)16-12-8-4/h4-15H2,1-3H3. The highest BCUT2D eigenvalue weighted by atomic mass is 28.4. The molecule has 0 amide bonds. The van der Waals surface area contributed by atoms with Crippen LogP contribution in [0.15, 0.2) is 0 Å². The Balaban J connectivity index is 4.39. The van der Waals surface area contributed by atoms with Crippen LogP contribution in [0.2, 0.25) is 18.1 Å². The van der Waals surface area contributed by atoms with Crippen LogP contribution >= 0.6 is 0 Å². The van der Waals surface area contributed by atoms with E-state index in [9.17, 15) is 0 Å². The highest BCUT2D eigenvalue weighted by molar-refractivity contribution is 6.73. The van der Waals surface area contributed by atoms with E-state index in [2.05, 4.69) is 27.7 Å². The zero-order chi connectivity index (χ0) is 13.0. The van der Waals surface area contributed by atoms with Crippen molar-refractivity contribution in [2.45, 2.75) is 83.8 Å². The van der Waals surface area contributed by atoms with Gasteiger partial charge in [-0.15, -0.1) is 0 Å². The van der Waals surface area contributed by atoms with Gasteiger partial charge in [-0.2, -0.15) is 0 Å². The molecule has 0 spiro atoms. The summed E-state index contributed by atoms with van der Waals surface area (Å²) in [5, 5.41) is 0. The summed E-state index contributed by atoms with van der Waals surface area (Å²) < 4.78 is 6.36. The second-order valence-corrected chi connectivity index (χ2v) is 9.35. The summed E-state index contributed by atoms with van der Waals surface area (Å²) in [6.07, 6.45) is 8.92. The third-order valence-corrected chi connectivity index (χ3v) is 8.12. The minimum absolute atomic E-state index is 0.892. The van der Waals surface area contributed by atoms with Gasteiger partial charge in [0.25, 0.3) is 0 Å². The SMILES string of the molecule is [CH2]CCO[Si](CCCC)(CCCC)CCCC. The molecule has 0 aliphatic carbocycles. The molecular formula is C15H33OSi. The van der Waals surface area contributed by atoms with Crippen molar-refractivity contribution in [3.05, 3.63) is 6.92 Å². The van der Waals surface area contributed by atoms with Crippen molar-refractivity contribution in [1.82, 2.24) is 0 Å². The summed E-state index contributed by atoms with van der Waals surface area (Å²) in [5.41, 5.74) is 0. The third-order valence-electron chi connectivity index (χ3n) is 3.51. The maximum Gasteiger partial charge on any atom is 0.192 e. The van der Waals surface area contributed by atoms with Crippen molar-refractivity contribution in [2.24, 2.45) is 0 Å². The minimum atomic E-state index is -1.42. The van der Waals surface area contributed by atoms with Gasteiger partial charge >= 0.3 is 0 Å². The van der Waals surface area contributed by atoms with E-state index < -0.39 is 8.32 Å². The van der Waals surface area contributed by atoms with Crippen LogP contribution in [0.4, 0.5) is 0 Å². The van der Waals surface area contributed by atoms with Gasteiger partial charge in [0, 0.05) is 6.61 Å². The monoisotopic (exact) mass is 257 g/mol. The van der Waals surface area contributed by atoms with Crippen molar-refractivity contribution in [1.29, 1.82) is 0 Å². The highest BCUT2D eigenvalue weighted by Crippen LogP contribution is 2.29. The van der Waals surface area contributed by atoms with E-state index in [1.165, 1.54) is 56.7 Å². The maximum atomic E-state index is 6.36. The summed E-state index contributed by atoms with van der Waals surface area (Å²) >= 11 is 0. The Bertz CT molecular complexity index is 121.